The summed E-state index contributed by atoms with van der Waals surface area (Å²) in [6, 6.07) is 11.4. The molecule has 1 aliphatic rings. The second kappa shape index (κ2) is 8.60. The number of nitro benzene ring substituents is 1. The Bertz CT molecular complexity index is 1120. The van der Waals surface area contributed by atoms with Gasteiger partial charge in [-0.05, 0) is 30.8 Å². The molecular formula is C21H20N4O4S. The molecule has 1 saturated heterocycles. The Hall–Kier alpha value is -3.30. The number of hydrogen-bond donors (Lipinski definition) is 0. The number of fused-ring (bicyclic) bond motifs is 1. The van der Waals surface area contributed by atoms with Crippen molar-refractivity contribution in [3.8, 4) is 5.75 Å². The van der Waals surface area contributed by atoms with Crippen LogP contribution in [-0.2, 0) is 4.79 Å². The lowest BCUT2D eigenvalue weighted by Crippen LogP contribution is -2.44. The van der Waals surface area contributed by atoms with Gasteiger partial charge < -0.3 is 14.5 Å². The molecule has 2 aromatic carbocycles. The van der Waals surface area contributed by atoms with E-state index in [4.69, 9.17) is 9.72 Å². The van der Waals surface area contributed by atoms with Crippen molar-refractivity contribution in [1.82, 2.24) is 9.88 Å². The van der Waals surface area contributed by atoms with Gasteiger partial charge in [0.25, 0.3) is 5.69 Å². The first-order valence-electron chi connectivity index (χ1n) is 9.46. The molecule has 1 fully saturated rings. The molecule has 0 radical (unpaired) electrons. The molecule has 0 atom stereocenters. The molecular weight excluding hydrogens is 404 g/mol. The third-order valence-corrected chi connectivity index (χ3v) is 5.91. The summed E-state index contributed by atoms with van der Waals surface area (Å²) in [7, 11) is 2.11. The summed E-state index contributed by atoms with van der Waals surface area (Å²) in [6.07, 6.45) is 2.75. The van der Waals surface area contributed by atoms with Gasteiger partial charge in [0.2, 0.25) is 0 Å². The maximum absolute atomic E-state index is 12.2. The van der Waals surface area contributed by atoms with Crippen LogP contribution in [0.5, 0.6) is 5.75 Å². The summed E-state index contributed by atoms with van der Waals surface area (Å²) < 4.78 is 6.35. The van der Waals surface area contributed by atoms with E-state index in [1.807, 2.05) is 12.1 Å². The molecule has 0 N–H and O–H groups in total. The first-order valence-corrected chi connectivity index (χ1v) is 10.3. The highest BCUT2D eigenvalue weighted by Crippen LogP contribution is 2.32. The lowest BCUT2D eigenvalue weighted by atomic mass is 10.2. The largest absolute Gasteiger partial charge is 0.423 e. The van der Waals surface area contributed by atoms with Gasteiger partial charge in [0.1, 0.15) is 5.75 Å². The van der Waals surface area contributed by atoms with Gasteiger partial charge in [-0.15, -0.1) is 0 Å². The molecule has 30 heavy (non-hydrogen) atoms. The average molecular weight is 424 g/mol. The van der Waals surface area contributed by atoms with E-state index in [-0.39, 0.29) is 5.69 Å². The number of anilines is 1. The van der Waals surface area contributed by atoms with E-state index in [2.05, 4.69) is 16.8 Å². The van der Waals surface area contributed by atoms with Crippen LogP contribution in [0.4, 0.5) is 10.8 Å². The van der Waals surface area contributed by atoms with Crippen molar-refractivity contribution in [2.24, 2.45) is 0 Å². The van der Waals surface area contributed by atoms with Gasteiger partial charge >= 0.3 is 5.97 Å². The summed E-state index contributed by atoms with van der Waals surface area (Å²) in [4.78, 5) is 31.8. The molecule has 0 saturated carbocycles. The van der Waals surface area contributed by atoms with Crippen LogP contribution in [0.15, 0.2) is 48.5 Å². The smallest absolute Gasteiger partial charge is 0.336 e. The van der Waals surface area contributed by atoms with Crippen LogP contribution in [0.25, 0.3) is 16.3 Å². The Morgan fingerprint density at radius 2 is 2.00 bits per heavy atom. The number of thiazole rings is 1. The topological polar surface area (TPSA) is 88.8 Å². The second-order valence-corrected chi connectivity index (χ2v) is 8.03. The maximum Gasteiger partial charge on any atom is 0.336 e. The number of carbonyl (C=O) groups is 1. The Morgan fingerprint density at radius 3 is 2.77 bits per heavy atom. The number of nitrogens with zero attached hydrogens (tertiary/aromatic N) is 4. The molecule has 1 aromatic heterocycles. The van der Waals surface area contributed by atoms with Crippen molar-refractivity contribution in [3.05, 3.63) is 64.2 Å². The third-order valence-electron chi connectivity index (χ3n) is 4.83. The Labute approximate surface area is 177 Å². The van der Waals surface area contributed by atoms with Crippen LogP contribution in [0, 0.1) is 10.1 Å². The van der Waals surface area contributed by atoms with Crippen LogP contribution in [0.3, 0.4) is 0 Å². The number of piperazine rings is 1. The van der Waals surface area contributed by atoms with Crippen LogP contribution in [0.2, 0.25) is 0 Å². The minimum atomic E-state index is -0.551. The van der Waals surface area contributed by atoms with Crippen molar-refractivity contribution in [2.75, 3.05) is 38.1 Å². The summed E-state index contributed by atoms with van der Waals surface area (Å²) in [5.41, 5.74) is 1.40. The molecule has 0 spiro atoms. The number of ether oxygens (including phenoxy) is 1. The Kier molecular flexibility index (Phi) is 5.73. The number of benzene rings is 2. The molecule has 2 heterocycles. The number of aromatic nitrogens is 1. The zero-order valence-electron chi connectivity index (χ0n) is 16.4. The van der Waals surface area contributed by atoms with E-state index >= 15 is 0 Å². The van der Waals surface area contributed by atoms with Gasteiger partial charge in [-0.25, -0.2) is 9.78 Å². The van der Waals surface area contributed by atoms with Gasteiger partial charge in [-0.3, -0.25) is 10.1 Å². The van der Waals surface area contributed by atoms with E-state index in [9.17, 15) is 14.9 Å². The molecule has 8 nitrogen and oxygen atoms in total. The fourth-order valence-corrected chi connectivity index (χ4v) is 4.19. The zero-order valence-corrected chi connectivity index (χ0v) is 17.2. The molecule has 0 bridgehead atoms. The molecule has 3 aromatic rings. The number of carbonyl (C=O) groups excluding carboxylic acids is 1. The van der Waals surface area contributed by atoms with Gasteiger partial charge in [-0.1, -0.05) is 23.5 Å². The number of hydrogen-bond acceptors (Lipinski definition) is 8. The first kappa shape index (κ1) is 20.0. The Morgan fingerprint density at radius 1 is 1.20 bits per heavy atom. The molecule has 0 aliphatic carbocycles. The quantitative estimate of drug-likeness (QED) is 0.203. The number of esters is 1. The standard InChI is InChI=1S/C21H20N4O4S/c1-23-9-11-24(12-10-23)21-22-18-7-6-17(14-19(18)30-21)29-20(26)8-5-15-3-2-4-16(13-15)25(27)28/h2-8,13-14H,9-12H2,1H3/b8-5+. The van der Waals surface area contributed by atoms with Crippen LogP contribution >= 0.6 is 11.3 Å². The van der Waals surface area contributed by atoms with Crippen molar-refractivity contribution in [1.29, 1.82) is 0 Å². The van der Waals surface area contributed by atoms with Gasteiger partial charge in [0.15, 0.2) is 5.13 Å². The lowest BCUT2D eigenvalue weighted by Gasteiger charge is -2.31. The van der Waals surface area contributed by atoms with E-state index in [1.54, 1.807) is 29.5 Å². The van der Waals surface area contributed by atoms with E-state index in [0.29, 0.717) is 11.3 Å². The molecule has 9 heteroatoms. The highest BCUT2D eigenvalue weighted by Gasteiger charge is 2.18. The van der Waals surface area contributed by atoms with Gasteiger partial charge in [0.05, 0.1) is 15.1 Å². The summed E-state index contributed by atoms with van der Waals surface area (Å²) >= 11 is 1.58. The number of rotatable bonds is 5. The van der Waals surface area contributed by atoms with Gasteiger partial charge in [-0.2, -0.15) is 0 Å². The third kappa shape index (κ3) is 4.64. The predicted molar refractivity (Wildman–Crippen MR) is 117 cm³/mol. The summed E-state index contributed by atoms with van der Waals surface area (Å²) in [5, 5.41) is 11.8. The summed E-state index contributed by atoms with van der Waals surface area (Å²) in [6.45, 7) is 3.91. The fraction of sp³-hybridized carbons (Fsp3) is 0.238. The minimum absolute atomic E-state index is 0.0303. The van der Waals surface area contributed by atoms with E-state index in [1.165, 1.54) is 24.3 Å². The monoisotopic (exact) mass is 424 g/mol. The highest BCUT2D eigenvalue weighted by molar-refractivity contribution is 7.22. The van der Waals surface area contributed by atoms with E-state index < -0.39 is 10.9 Å². The SMILES string of the molecule is CN1CCN(c2nc3ccc(OC(=O)/C=C/c4cccc([N+](=O)[O-])c4)cc3s2)CC1. The van der Waals surface area contributed by atoms with Crippen molar-refractivity contribution < 1.29 is 14.5 Å². The van der Waals surface area contributed by atoms with Gasteiger partial charge in [0, 0.05) is 50.5 Å². The summed E-state index contributed by atoms with van der Waals surface area (Å²) in [5.74, 6) is -0.116. The van der Waals surface area contributed by atoms with Crippen LogP contribution in [0.1, 0.15) is 5.56 Å². The normalized spacial score (nSPS) is 15.0. The first-order chi connectivity index (χ1) is 14.5. The molecule has 4 rings (SSSR count). The van der Waals surface area contributed by atoms with E-state index in [0.717, 1.165) is 41.5 Å². The zero-order chi connectivity index (χ0) is 21.1. The molecule has 154 valence electrons. The highest BCUT2D eigenvalue weighted by atomic mass is 32.1. The van der Waals surface area contributed by atoms with Crippen LogP contribution in [-0.4, -0.2) is 54.0 Å². The average Bonchev–Trinajstić information content (AvgIpc) is 3.16. The maximum atomic E-state index is 12.2. The minimum Gasteiger partial charge on any atom is -0.423 e. The molecule has 0 amide bonds. The molecule has 0 unspecified atom stereocenters. The number of nitro groups is 1. The van der Waals surface area contributed by atoms with Crippen LogP contribution < -0.4 is 9.64 Å². The molecule has 1 aliphatic heterocycles. The fourth-order valence-electron chi connectivity index (χ4n) is 3.15. The number of likely N-dealkylation sites (N-methyl/N-ethyl adjacent to an activating group) is 1. The second-order valence-electron chi connectivity index (χ2n) is 7.02. The predicted octanol–water partition coefficient (Wildman–Crippen LogP) is 3.58. The van der Waals surface area contributed by atoms with Crippen molar-refractivity contribution in [2.45, 2.75) is 0 Å². The van der Waals surface area contributed by atoms with Crippen molar-refractivity contribution in [3.63, 3.8) is 0 Å². The number of non-ortho nitro benzene ring substituents is 1. The lowest BCUT2D eigenvalue weighted by molar-refractivity contribution is -0.384. The Balaban J connectivity index is 1.44. The van der Waals surface area contributed by atoms with Crippen molar-refractivity contribution >= 4 is 44.4 Å².